The number of nitrogens with zero attached hydrogens (tertiary/aromatic N) is 2. The number of nitrogen functional groups attached to an aromatic ring is 1. The molecule has 1 aromatic heterocycles. The van der Waals surface area contributed by atoms with Crippen molar-refractivity contribution in [1.82, 2.24) is 15.1 Å². The maximum Gasteiger partial charge on any atom is 0.323 e. The Bertz CT molecular complexity index is 1300. The molecule has 1 aliphatic rings. The average Bonchev–Trinajstić information content (AvgIpc) is 3.30. The molecule has 5 N–H and O–H groups in total. The number of benzene rings is 3. The third-order valence-corrected chi connectivity index (χ3v) is 6.18. The number of rotatable bonds is 8. The van der Waals surface area contributed by atoms with Crippen LogP contribution in [0.25, 0.3) is 22.0 Å². The highest BCUT2D eigenvalue weighted by Crippen LogP contribution is 2.36. The number of nitrogens with two attached hydrogens (primary N) is 1. The van der Waals surface area contributed by atoms with Gasteiger partial charge >= 0.3 is 6.03 Å². The predicted octanol–water partition coefficient (Wildman–Crippen LogP) is 4.56. The Morgan fingerprint density at radius 1 is 1.00 bits per heavy atom. The van der Waals surface area contributed by atoms with Crippen molar-refractivity contribution in [3.8, 4) is 16.9 Å². The molecular weight excluding hydrogens is 456 g/mol. The Morgan fingerprint density at radius 3 is 2.47 bits per heavy atom. The molecular formula is C27H30N6O3. The number of carbonyl (C=O) groups excluding carboxylic acids is 1. The molecule has 9 nitrogen and oxygen atoms in total. The first-order valence-corrected chi connectivity index (χ1v) is 12.1. The normalized spacial score (nSPS) is 14.0. The van der Waals surface area contributed by atoms with E-state index in [0.717, 1.165) is 72.7 Å². The van der Waals surface area contributed by atoms with Gasteiger partial charge in [-0.05, 0) is 53.9 Å². The molecule has 0 bridgehead atoms. The molecule has 2 amide bonds. The van der Waals surface area contributed by atoms with Gasteiger partial charge in [-0.1, -0.05) is 30.3 Å². The summed E-state index contributed by atoms with van der Waals surface area (Å²) in [6.45, 7) is 5.14. The highest BCUT2D eigenvalue weighted by molar-refractivity contribution is 6.04. The maximum atomic E-state index is 12.3. The molecule has 2 heterocycles. The molecule has 0 atom stereocenters. The summed E-state index contributed by atoms with van der Waals surface area (Å²) >= 11 is 0. The van der Waals surface area contributed by atoms with Crippen molar-refractivity contribution >= 4 is 34.1 Å². The molecule has 0 aliphatic carbocycles. The Hall–Kier alpha value is -4.08. The monoisotopic (exact) mass is 486 g/mol. The minimum absolute atomic E-state index is 0.300. The summed E-state index contributed by atoms with van der Waals surface area (Å²) < 4.78 is 11.5. The lowest BCUT2D eigenvalue weighted by molar-refractivity contribution is 0.0358. The molecule has 4 aromatic rings. The molecule has 1 fully saturated rings. The van der Waals surface area contributed by atoms with Crippen LogP contribution < -0.4 is 21.1 Å². The quantitative estimate of drug-likeness (QED) is 0.271. The lowest BCUT2D eigenvalue weighted by Gasteiger charge is -2.26. The van der Waals surface area contributed by atoms with Gasteiger partial charge in [0.2, 0.25) is 0 Å². The van der Waals surface area contributed by atoms with Crippen molar-refractivity contribution in [1.29, 1.82) is 0 Å². The van der Waals surface area contributed by atoms with Crippen LogP contribution >= 0.6 is 0 Å². The van der Waals surface area contributed by atoms with E-state index in [0.29, 0.717) is 18.1 Å². The average molecular weight is 487 g/mol. The van der Waals surface area contributed by atoms with Gasteiger partial charge < -0.3 is 25.8 Å². The van der Waals surface area contributed by atoms with Gasteiger partial charge in [0, 0.05) is 31.0 Å². The fourth-order valence-corrected chi connectivity index (χ4v) is 4.34. The topological polar surface area (TPSA) is 118 Å². The Morgan fingerprint density at radius 2 is 1.72 bits per heavy atom. The molecule has 0 spiro atoms. The summed E-state index contributed by atoms with van der Waals surface area (Å²) in [6.07, 6.45) is 0.930. The van der Waals surface area contributed by atoms with Crippen LogP contribution in [0.2, 0.25) is 0 Å². The molecule has 9 heteroatoms. The van der Waals surface area contributed by atoms with Crippen molar-refractivity contribution in [3.63, 3.8) is 0 Å². The number of hydrogen-bond donors (Lipinski definition) is 4. The molecule has 36 heavy (non-hydrogen) atoms. The first kappa shape index (κ1) is 23.7. The number of morpholine rings is 1. The molecule has 186 valence electrons. The Balaban J connectivity index is 1.24. The molecule has 0 radical (unpaired) electrons. The highest BCUT2D eigenvalue weighted by Gasteiger charge is 2.15. The lowest BCUT2D eigenvalue weighted by atomic mass is 10.0. The summed E-state index contributed by atoms with van der Waals surface area (Å²) in [4.78, 5) is 14.7. The number of para-hydroxylation sites is 1. The van der Waals surface area contributed by atoms with E-state index in [-0.39, 0.29) is 6.03 Å². The van der Waals surface area contributed by atoms with Crippen LogP contribution in [-0.2, 0) is 4.74 Å². The van der Waals surface area contributed by atoms with E-state index in [9.17, 15) is 4.79 Å². The van der Waals surface area contributed by atoms with Gasteiger partial charge in [-0.3, -0.25) is 10.00 Å². The van der Waals surface area contributed by atoms with E-state index in [1.165, 1.54) is 0 Å². The predicted molar refractivity (Wildman–Crippen MR) is 142 cm³/mol. The van der Waals surface area contributed by atoms with Crippen molar-refractivity contribution in [2.45, 2.75) is 6.42 Å². The van der Waals surface area contributed by atoms with E-state index in [2.05, 4.69) is 25.7 Å². The summed E-state index contributed by atoms with van der Waals surface area (Å²) in [5, 5.41) is 13.7. The first-order chi connectivity index (χ1) is 17.7. The highest BCUT2D eigenvalue weighted by atomic mass is 16.5. The molecule has 5 rings (SSSR count). The standard InChI is InChI=1S/C27H30N6O3/c28-26-24-22(19-7-9-21(10-8-19)30-27(34)29-20-5-2-1-3-6-20)11-12-23(25(24)31-32-26)36-16-4-13-33-14-17-35-18-15-33/h1-3,5-12H,4,13-18H2,(H3,28,31,32)(H2,29,30,34). The van der Waals surface area contributed by atoms with Gasteiger partial charge in [-0.2, -0.15) is 5.10 Å². The SMILES string of the molecule is Nc1n[nH]c2c(OCCCN3CCOCC3)ccc(-c3ccc(NC(=O)Nc4ccccc4)cc3)c12. The van der Waals surface area contributed by atoms with E-state index in [1.54, 1.807) is 0 Å². The van der Waals surface area contributed by atoms with Crippen LogP contribution in [0.5, 0.6) is 5.75 Å². The Kier molecular flexibility index (Phi) is 7.30. The van der Waals surface area contributed by atoms with Crippen molar-refractivity contribution in [2.75, 3.05) is 55.8 Å². The zero-order chi connectivity index (χ0) is 24.7. The second-order valence-electron chi connectivity index (χ2n) is 8.65. The molecule has 0 saturated carbocycles. The molecule has 1 aliphatic heterocycles. The minimum Gasteiger partial charge on any atom is -0.491 e. The van der Waals surface area contributed by atoms with Gasteiger partial charge in [0.05, 0.1) is 25.2 Å². The van der Waals surface area contributed by atoms with E-state index in [4.69, 9.17) is 15.2 Å². The molecule has 3 aromatic carbocycles. The van der Waals surface area contributed by atoms with Crippen LogP contribution in [0.3, 0.4) is 0 Å². The second kappa shape index (κ2) is 11.1. The zero-order valence-electron chi connectivity index (χ0n) is 20.0. The van der Waals surface area contributed by atoms with Gasteiger partial charge in [0.1, 0.15) is 11.3 Å². The number of anilines is 3. The maximum absolute atomic E-state index is 12.3. The van der Waals surface area contributed by atoms with Crippen molar-refractivity contribution in [3.05, 3.63) is 66.7 Å². The number of aromatic nitrogens is 2. The number of fused-ring (bicyclic) bond motifs is 1. The molecule has 1 saturated heterocycles. The van der Waals surface area contributed by atoms with Crippen LogP contribution in [0, 0.1) is 0 Å². The van der Waals surface area contributed by atoms with Crippen LogP contribution in [0.4, 0.5) is 22.0 Å². The number of amides is 2. The summed E-state index contributed by atoms with van der Waals surface area (Å²) in [6, 6.07) is 20.6. The lowest BCUT2D eigenvalue weighted by Crippen LogP contribution is -2.37. The largest absolute Gasteiger partial charge is 0.491 e. The Labute approximate surface area is 209 Å². The summed E-state index contributed by atoms with van der Waals surface area (Å²) in [5.74, 6) is 1.15. The number of nitrogens with one attached hydrogen (secondary N) is 3. The van der Waals surface area contributed by atoms with E-state index < -0.39 is 0 Å². The van der Waals surface area contributed by atoms with Crippen LogP contribution in [0.15, 0.2) is 66.7 Å². The van der Waals surface area contributed by atoms with Crippen molar-refractivity contribution in [2.24, 2.45) is 0 Å². The summed E-state index contributed by atoms with van der Waals surface area (Å²) in [5.41, 5.74) is 10.3. The zero-order valence-corrected chi connectivity index (χ0v) is 20.0. The minimum atomic E-state index is -0.300. The fraction of sp³-hybridized carbons (Fsp3) is 0.259. The van der Waals surface area contributed by atoms with Crippen LogP contribution in [0.1, 0.15) is 6.42 Å². The molecule has 0 unspecified atom stereocenters. The number of H-pyrrole nitrogens is 1. The first-order valence-electron chi connectivity index (χ1n) is 12.1. The third kappa shape index (κ3) is 5.59. The number of urea groups is 1. The number of carbonyl (C=O) groups is 1. The summed E-state index contributed by atoms with van der Waals surface area (Å²) in [7, 11) is 0. The van der Waals surface area contributed by atoms with Gasteiger partial charge in [0.15, 0.2) is 5.82 Å². The number of hydrogen-bond acceptors (Lipinski definition) is 6. The van der Waals surface area contributed by atoms with E-state index in [1.807, 2.05) is 66.7 Å². The van der Waals surface area contributed by atoms with Crippen LogP contribution in [-0.4, -0.2) is 60.6 Å². The smallest absolute Gasteiger partial charge is 0.323 e. The van der Waals surface area contributed by atoms with E-state index >= 15 is 0 Å². The number of ether oxygens (including phenoxy) is 2. The second-order valence-corrected chi connectivity index (χ2v) is 8.65. The van der Waals surface area contributed by atoms with Gasteiger partial charge in [-0.25, -0.2) is 4.79 Å². The fourth-order valence-electron chi connectivity index (χ4n) is 4.34. The third-order valence-electron chi connectivity index (χ3n) is 6.18. The van der Waals surface area contributed by atoms with Gasteiger partial charge in [0.25, 0.3) is 0 Å². The number of aromatic amines is 1. The van der Waals surface area contributed by atoms with Crippen molar-refractivity contribution < 1.29 is 14.3 Å². The van der Waals surface area contributed by atoms with Gasteiger partial charge in [-0.15, -0.1) is 0 Å².